The summed E-state index contributed by atoms with van der Waals surface area (Å²) in [5.74, 6) is -1.72. The van der Waals surface area contributed by atoms with Gasteiger partial charge in [-0.05, 0) is 43.3 Å². The van der Waals surface area contributed by atoms with E-state index in [2.05, 4.69) is 5.32 Å². The maximum Gasteiger partial charge on any atom is 0.409 e. The second kappa shape index (κ2) is 7.94. The fourth-order valence-corrected chi connectivity index (χ4v) is 3.00. The standard InChI is InChI=1S/C20H17F3N2O4/c1-12(26)13-6-8-14(9-7-13)29-11-19(28)25-16-5-3-2-4-15(16)24-18(27)10-17(25)20(21,22)23/h2-9,17H,10-11H2,1H3,(H,24,27)/t17-/m0/s1. The summed E-state index contributed by atoms with van der Waals surface area (Å²) in [7, 11) is 0. The van der Waals surface area contributed by atoms with E-state index in [1.807, 2.05) is 0 Å². The van der Waals surface area contributed by atoms with Crippen LogP contribution >= 0.6 is 0 Å². The number of nitrogens with one attached hydrogen (secondary N) is 1. The summed E-state index contributed by atoms with van der Waals surface area (Å²) in [4.78, 5) is 36.5. The van der Waals surface area contributed by atoms with Crippen molar-refractivity contribution in [1.29, 1.82) is 0 Å². The topological polar surface area (TPSA) is 75.7 Å². The largest absolute Gasteiger partial charge is 0.484 e. The normalized spacial score (nSPS) is 16.5. The summed E-state index contributed by atoms with van der Waals surface area (Å²) >= 11 is 0. The maximum atomic E-state index is 13.6. The first-order valence-electron chi connectivity index (χ1n) is 8.68. The molecule has 1 aliphatic rings. The monoisotopic (exact) mass is 406 g/mol. The smallest absolute Gasteiger partial charge is 0.409 e. The minimum atomic E-state index is -4.81. The van der Waals surface area contributed by atoms with Gasteiger partial charge < -0.3 is 10.1 Å². The molecule has 0 spiro atoms. The van der Waals surface area contributed by atoms with Crippen LogP contribution in [0.15, 0.2) is 48.5 Å². The number of benzene rings is 2. The Labute approximate surface area is 164 Å². The van der Waals surface area contributed by atoms with E-state index in [4.69, 9.17) is 4.74 Å². The number of anilines is 2. The van der Waals surface area contributed by atoms with E-state index in [0.29, 0.717) is 10.5 Å². The summed E-state index contributed by atoms with van der Waals surface area (Å²) in [6.07, 6.45) is -5.73. The van der Waals surface area contributed by atoms with Gasteiger partial charge in [-0.25, -0.2) is 0 Å². The maximum absolute atomic E-state index is 13.6. The number of halogens is 3. The van der Waals surface area contributed by atoms with E-state index >= 15 is 0 Å². The number of Topliss-reactive ketones (excluding diaryl/α,β-unsaturated/α-hetero) is 1. The van der Waals surface area contributed by atoms with Gasteiger partial charge in [-0.3, -0.25) is 19.3 Å². The Morgan fingerprint density at radius 2 is 1.79 bits per heavy atom. The number of carbonyl (C=O) groups is 3. The van der Waals surface area contributed by atoms with Crippen LogP contribution in [0.5, 0.6) is 5.75 Å². The Balaban J connectivity index is 1.87. The van der Waals surface area contributed by atoms with Gasteiger partial charge in [0.2, 0.25) is 5.91 Å². The highest BCUT2D eigenvalue weighted by atomic mass is 19.4. The van der Waals surface area contributed by atoms with E-state index in [1.54, 1.807) is 6.07 Å². The Morgan fingerprint density at radius 3 is 2.41 bits per heavy atom. The number of ether oxygens (including phenoxy) is 1. The molecule has 1 atom stereocenters. The lowest BCUT2D eigenvalue weighted by Crippen LogP contribution is -2.51. The minimum absolute atomic E-state index is 0.0544. The van der Waals surface area contributed by atoms with Crippen molar-refractivity contribution in [2.24, 2.45) is 0 Å². The van der Waals surface area contributed by atoms with Crippen LogP contribution in [-0.2, 0) is 9.59 Å². The third-order valence-electron chi connectivity index (χ3n) is 4.40. The van der Waals surface area contributed by atoms with Crippen LogP contribution in [0.25, 0.3) is 0 Å². The number of ketones is 1. The van der Waals surface area contributed by atoms with Gasteiger partial charge in [0.05, 0.1) is 17.8 Å². The van der Waals surface area contributed by atoms with Crippen molar-refractivity contribution in [1.82, 2.24) is 0 Å². The summed E-state index contributed by atoms with van der Waals surface area (Å²) in [6.45, 7) is 0.720. The van der Waals surface area contributed by atoms with Crippen LogP contribution in [0, 0.1) is 0 Å². The van der Waals surface area contributed by atoms with Gasteiger partial charge >= 0.3 is 6.18 Å². The molecule has 1 N–H and O–H groups in total. The van der Waals surface area contributed by atoms with Crippen molar-refractivity contribution in [2.75, 3.05) is 16.8 Å². The van der Waals surface area contributed by atoms with E-state index in [-0.39, 0.29) is 22.9 Å². The van der Waals surface area contributed by atoms with Crippen LogP contribution in [0.3, 0.4) is 0 Å². The highest BCUT2D eigenvalue weighted by Crippen LogP contribution is 2.37. The van der Waals surface area contributed by atoms with Crippen molar-refractivity contribution in [2.45, 2.75) is 25.6 Å². The molecule has 2 amide bonds. The van der Waals surface area contributed by atoms with Crippen LogP contribution in [-0.4, -0.2) is 36.4 Å². The second-order valence-corrected chi connectivity index (χ2v) is 6.46. The molecule has 152 valence electrons. The lowest BCUT2D eigenvalue weighted by atomic mass is 10.1. The number of nitrogens with zero attached hydrogens (tertiary/aromatic N) is 1. The number of alkyl halides is 3. The number of amides is 2. The van der Waals surface area contributed by atoms with Crippen LogP contribution < -0.4 is 15.0 Å². The van der Waals surface area contributed by atoms with Crippen molar-refractivity contribution >= 4 is 29.0 Å². The molecule has 0 bridgehead atoms. The molecule has 0 radical (unpaired) electrons. The Hall–Kier alpha value is -3.36. The number of rotatable bonds is 4. The molecule has 0 saturated carbocycles. The van der Waals surface area contributed by atoms with E-state index in [9.17, 15) is 27.6 Å². The lowest BCUT2D eigenvalue weighted by Gasteiger charge is -2.31. The molecule has 1 heterocycles. The molecule has 29 heavy (non-hydrogen) atoms. The fraction of sp³-hybridized carbons (Fsp3) is 0.250. The molecule has 2 aromatic carbocycles. The Morgan fingerprint density at radius 1 is 1.14 bits per heavy atom. The van der Waals surface area contributed by atoms with Gasteiger partial charge in [0.25, 0.3) is 5.91 Å². The number of fused-ring (bicyclic) bond motifs is 1. The van der Waals surface area contributed by atoms with Gasteiger partial charge in [-0.15, -0.1) is 0 Å². The highest BCUT2D eigenvalue weighted by molar-refractivity contribution is 6.05. The molecule has 0 aromatic heterocycles. The van der Waals surface area contributed by atoms with Crippen LogP contribution in [0.2, 0.25) is 0 Å². The summed E-state index contributed by atoms with van der Waals surface area (Å²) in [5.41, 5.74) is 0.497. The predicted octanol–water partition coefficient (Wildman–Crippen LogP) is 3.57. The fourth-order valence-electron chi connectivity index (χ4n) is 3.00. The first-order chi connectivity index (χ1) is 13.7. The van der Waals surface area contributed by atoms with Crippen molar-refractivity contribution < 1.29 is 32.3 Å². The predicted molar refractivity (Wildman–Crippen MR) is 99.0 cm³/mol. The number of hydrogen-bond acceptors (Lipinski definition) is 4. The molecular formula is C20H17F3N2O4. The second-order valence-electron chi connectivity index (χ2n) is 6.46. The third kappa shape index (κ3) is 4.56. The van der Waals surface area contributed by atoms with Crippen LogP contribution in [0.4, 0.5) is 24.5 Å². The Bertz CT molecular complexity index is 941. The highest BCUT2D eigenvalue weighted by Gasteiger charge is 2.49. The molecule has 0 saturated heterocycles. The Kier molecular flexibility index (Phi) is 5.58. The van der Waals surface area contributed by atoms with Crippen LogP contribution in [0.1, 0.15) is 23.7 Å². The van der Waals surface area contributed by atoms with Crippen molar-refractivity contribution in [3.8, 4) is 5.75 Å². The third-order valence-corrected chi connectivity index (χ3v) is 4.40. The summed E-state index contributed by atoms with van der Waals surface area (Å²) < 4.78 is 46.2. The molecule has 0 fully saturated rings. The van der Waals surface area contributed by atoms with Crippen molar-refractivity contribution in [3.05, 3.63) is 54.1 Å². The zero-order valence-corrected chi connectivity index (χ0v) is 15.3. The van der Waals surface area contributed by atoms with Crippen molar-refractivity contribution in [3.63, 3.8) is 0 Å². The first kappa shape index (κ1) is 20.4. The quantitative estimate of drug-likeness (QED) is 0.788. The zero-order chi connectivity index (χ0) is 21.2. The molecular weight excluding hydrogens is 389 g/mol. The average Bonchev–Trinajstić information content (AvgIpc) is 2.82. The summed E-state index contributed by atoms with van der Waals surface area (Å²) in [5, 5.41) is 2.39. The van der Waals surface area contributed by atoms with E-state index < -0.39 is 37.1 Å². The first-order valence-corrected chi connectivity index (χ1v) is 8.68. The number of hydrogen-bond donors (Lipinski definition) is 1. The number of carbonyl (C=O) groups excluding carboxylic acids is 3. The molecule has 6 nitrogen and oxygen atoms in total. The van der Waals surface area contributed by atoms with Gasteiger partial charge in [0, 0.05) is 5.56 Å². The molecule has 3 rings (SSSR count). The lowest BCUT2D eigenvalue weighted by molar-refractivity contribution is -0.158. The van der Waals surface area contributed by atoms with E-state index in [1.165, 1.54) is 49.4 Å². The molecule has 0 unspecified atom stereocenters. The van der Waals surface area contributed by atoms with E-state index in [0.717, 1.165) is 0 Å². The molecule has 1 aliphatic heterocycles. The minimum Gasteiger partial charge on any atom is -0.484 e. The van der Waals surface area contributed by atoms with Gasteiger partial charge in [0.15, 0.2) is 12.4 Å². The van der Waals surface area contributed by atoms with Gasteiger partial charge in [0.1, 0.15) is 11.8 Å². The molecule has 9 heteroatoms. The number of para-hydroxylation sites is 2. The zero-order valence-electron chi connectivity index (χ0n) is 15.3. The SMILES string of the molecule is CC(=O)c1ccc(OCC(=O)N2c3ccccc3NC(=O)C[C@H]2C(F)(F)F)cc1. The summed E-state index contributed by atoms with van der Waals surface area (Å²) in [6, 6.07) is 9.34. The van der Waals surface area contributed by atoms with Gasteiger partial charge in [-0.1, -0.05) is 12.1 Å². The molecule has 2 aromatic rings. The molecule has 0 aliphatic carbocycles. The average molecular weight is 406 g/mol. The van der Waals surface area contributed by atoms with Gasteiger partial charge in [-0.2, -0.15) is 13.2 Å².